The number of anilines is 1. The second-order valence-corrected chi connectivity index (χ2v) is 21.6. The van der Waals surface area contributed by atoms with Gasteiger partial charge >= 0.3 is 0 Å². The van der Waals surface area contributed by atoms with Gasteiger partial charge in [0.05, 0.1) is 29.7 Å². The largest absolute Gasteiger partial charge is 0.410 e. The molecule has 1 heterocycles. The molecule has 9 heteroatoms. The summed E-state index contributed by atoms with van der Waals surface area (Å²) in [5.74, 6) is -2.23. The number of imide groups is 1. The summed E-state index contributed by atoms with van der Waals surface area (Å²) in [4.78, 5) is 30.1. The quantitative estimate of drug-likeness (QED) is 0.183. The average Bonchev–Trinajstić information content (AvgIpc) is 3.11. The van der Waals surface area contributed by atoms with Gasteiger partial charge in [-0.25, -0.2) is 4.90 Å². The van der Waals surface area contributed by atoms with Gasteiger partial charge in [0.2, 0.25) is 11.8 Å². The molecule has 206 valence electrons. The van der Waals surface area contributed by atoms with Crippen LogP contribution in [0.25, 0.3) is 0 Å². The maximum Gasteiger partial charge on any atom is 0.240 e. The fraction of sp³-hybridized carbons (Fsp3) is 0.333. The Morgan fingerprint density at radius 1 is 0.615 bits per heavy atom. The van der Waals surface area contributed by atoms with Crippen LogP contribution in [-0.2, 0) is 18.4 Å². The molecule has 0 saturated carbocycles. The van der Waals surface area contributed by atoms with Crippen molar-refractivity contribution in [2.24, 2.45) is 11.8 Å². The molecule has 0 spiro atoms. The minimum atomic E-state index is -2.20. The molecule has 0 aliphatic carbocycles. The van der Waals surface area contributed by atoms with Crippen LogP contribution in [0.1, 0.15) is 23.3 Å². The van der Waals surface area contributed by atoms with Crippen molar-refractivity contribution in [2.75, 3.05) is 4.90 Å². The topological polar surface area (TPSA) is 55.8 Å². The second-order valence-electron chi connectivity index (χ2n) is 11.8. The zero-order valence-electron chi connectivity index (χ0n) is 23.2. The fourth-order valence-electron chi connectivity index (χ4n) is 4.95. The number of benzene rings is 3. The Kier molecular flexibility index (Phi) is 8.90. The number of para-hydroxylation sites is 1. The molecular weight excluding hydrogens is 565 g/mol. The van der Waals surface area contributed by atoms with E-state index in [1.807, 2.05) is 42.5 Å². The monoisotopic (exact) mass is 599 g/mol. The third-order valence-corrected chi connectivity index (χ3v) is 8.85. The first-order valence-electron chi connectivity index (χ1n) is 13.0. The summed E-state index contributed by atoms with van der Waals surface area (Å²) in [6.07, 6.45) is -1.33. The van der Waals surface area contributed by atoms with Gasteiger partial charge in [-0.2, -0.15) is 0 Å². The Bertz CT molecular complexity index is 1220. The van der Waals surface area contributed by atoms with Gasteiger partial charge in [0, 0.05) is 10.0 Å². The lowest BCUT2D eigenvalue weighted by molar-refractivity contribution is -0.127. The number of carbonyl (C=O) groups excluding carboxylic acids is 2. The SMILES string of the molecule is C[Si](C)(C)OC(c1ccc(Cl)cc1)[C@H]1C(=O)N(c2ccccc2)C(=O)[C@@H]1C(O[Si](C)(C)C)c1ccc(Cl)cc1. The maximum absolute atomic E-state index is 14.4. The van der Waals surface area contributed by atoms with Crippen LogP contribution >= 0.6 is 23.2 Å². The highest BCUT2D eigenvalue weighted by Crippen LogP contribution is 2.48. The standard InChI is InChI=1S/C30H35Cl2NO4Si2/c1-38(2,3)36-27(20-12-16-22(31)17-13-20)25-26(30(35)33(29(25)34)24-10-8-7-9-11-24)28(37-39(4,5)6)21-14-18-23(32)19-15-21/h7-19,25-28H,1-6H3/t25-,26-,27?,28?/m0/s1. The van der Waals surface area contributed by atoms with Crippen molar-refractivity contribution in [3.63, 3.8) is 0 Å². The van der Waals surface area contributed by atoms with Gasteiger partial charge in [0.1, 0.15) is 0 Å². The average molecular weight is 601 g/mol. The highest BCUT2D eigenvalue weighted by atomic mass is 35.5. The first kappa shape index (κ1) is 29.7. The number of carbonyl (C=O) groups is 2. The van der Waals surface area contributed by atoms with E-state index in [0.717, 1.165) is 11.1 Å². The normalized spacial score (nSPS) is 19.8. The van der Waals surface area contributed by atoms with E-state index in [9.17, 15) is 9.59 Å². The molecule has 4 atom stereocenters. The van der Waals surface area contributed by atoms with Crippen molar-refractivity contribution in [2.45, 2.75) is 51.5 Å². The van der Waals surface area contributed by atoms with Gasteiger partial charge in [-0.05, 0) is 86.8 Å². The molecule has 1 saturated heterocycles. The molecule has 5 nitrogen and oxygen atoms in total. The Hall–Kier alpha value is -2.27. The summed E-state index contributed by atoms with van der Waals surface area (Å²) in [5.41, 5.74) is 2.14. The number of halogens is 2. The van der Waals surface area contributed by atoms with E-state index in [1.165, 1.54) is 4.90 Å². The van der Waals surface area contributed by atoms with E-state index in [0.29, 0.717) is 15.7 Å². The van der Waals surface area contributed by atoms with Crippen LogP contribution in [0.2, 0.25) is 49.3 Å². The van der Waals surface area contributed by atoms with E-state index in [4.69, 9.17) is 32.1 Å². The van der Waals surface area contributed by atoms with Crippen LogP contribution in [0.4, 0.5) is 5.69 Å². The zero-order chi connectivity index (χ0) is 28.5. The van der Waals surface area contributed by atoms with Crippen LogP contribution in [0.15, 0.2) is 78.9 Å². The van der Waals surface area contributed by atoms with Crippen LogP contribution in [-0.4, -0.2) is 28.4 Å². The van der Waals surface area contributed by atoms with Crippen molar-refractivity contribution in [3.05, 3.63) is 100 Å². The number of rotatable bonds is 9. The number of nitrogens with zero attached hydrogens (tertiary/aromatic N) is 1. The van der Waals surface area contributed by atoms with Crippen LogP contribution in [0.3, 0.4) is 0 Å². The van der Waals surface area contributed by atoms with Gasteiger partial charge in [0.15, 0.2) is 16.6 Å². The predicted molar refractivity (Wildman–Crippen MR) is 163 cm³/mol. The number of hydrogen-bond donors (Lipinski definition) is 0. The number of hydrogen-bond acceptors (Lipinski definition) is 4. The highest BCUT2D eigenvalue weighted by molar-refractivity contribution is 6.70. The smallest absolute Gasteiger partial charge is 0.240 e. The van der Waals surface area contributed by atoms with Gasteiger partial charge in [0.25, 0.3) is 0 Å². The van der Waals surface area contributed by atoms with Crippen LogP contribution in [0, 0.1) is 11.8 Å². The summed E-state index contributed by atoms with van der Waals surface area (Å²) in [5, 5.41) is 1.17. The Morgan fingerprint density at radius 3 is 1.31 bits per heavy atom. The maximum atomic E-state index is 14.4. The van der Waals surface area contributed by atoms with Crippen LogP contribution < -0.4 is 4.90 Å². The molecule has 39 heavy (non-hydrogen) atoms. The van der Waals surface area contributed by atoms with E-state index in [1.54, 1.807) is 36.4 Å². The summed E-state index contributed by atoms with van der Waals surface area (Å²) >= 11 is 12.4. The van der Waals surface area contributed by atoms with Gasteiger partial charge < -0.3 is 8.85 Å². The Balaban J connectivity index is 1.93. The van der Waals surface area contributed by atoms with E-state index in [-0.39, 0.29) is 11.8 Å². The molecule has 1 aliphatic rings. The lowest BCUT2D eigenvalue weighted by Crippen LogP contribution is -2.40. The molecule has 0 bridgehead atoms. The van der Waals surface area contributed by atoms with Crippen LogP contribution in [0.5, 0.6) is 0 Å². The molecule has 0 radical (unpaired) electrons. The number of amides is 2. The molecular formula is C30H35Cl2NO4Si2. The summed E-state index contributed by atoms with van der Waals surface area (Å²) in [7, 11) is -4.40. The van der Waals surface area contributed by atoms with Gasteiger partial charge in [-0.3, -0.25) is 9.59 Å². The molecule has 2 unspecified atom stereocenters. The minimum absolute atomic E-state index is 0.299. The van der Waals surface area contributed by atoms with Crippen molar-refractivity contribution in [1.82, 2.24) is 0 Å². The first-order valence-corrected chi connectivity index (χ1v) is 20.6. The van der Waals surface area contributed by atoms with Crippen molar-refractivity contribution < 1.29 is 18.4 Å². The second kappa shape index (κ2) is 11.7. The Morgan fingerprint density at radius 2 is 0.974 bits per heavy atom. The molecule has 1 aliphatic heterocycles. The first-order chi connectivity index (χ1) is 18.2. The fourth-order valence-corrected chi connectivity index (χ4v) is 7.29. The van der Waals surface area contributed by atoms with Gasteiger partial charge in [-0.15, -0.1) is 0 Å². The van der Waals surface area contributed by atoms with E-state index >= 15 is 0 Å². The summed E-state index contributed by atoms with van der Waals surface area (Å²) < 4.78 is 13.5. The summed E-state index contributed by atoms with van der Waals surface area (Å²) in [6.45, 7) is 12.5. The van der Waals surface area contributed by atoms with E-state index in [2.05, 4.69) is 39.3 Å². The van der Waals surface area contributed by atoms with Crippen molar-refractivity contribution >= 4 is 57.3 Å². The molecule has 3 aromatic carbocycles. The lowest BCUT2D eigenvalue weighted by atomic mass is 9.81. The molecule has 1 fully saturated rings. The Labute approximate surface area is 243 Å². The predicted octanol–water partition coefficient (Wildman–Crippen LogP) is 8.28. The molecule has 0 aromatic heterocycles. The lowest BCUT2D eigenvalue weighted by Gasteiger charge is -2.36. The third kappa shape index (κ3) is 7.09. The van der Waals surface area contributed by atoms with Crippen molar-refractivity contribution in [1.29, 1.82) is 0 Å². The third-order valence-electron chi connectivity index (χ3n) is 6.42. The van der Waals surface area contributed by atoms with Gasteiger partial charge in [-0.1, -0.05) is 65.7 Å². The zero-order valence-corrected chi connectivity index (χ0v) is 26.7. The molecule has 2 amide bonds. The van der Waals surface area contributed by atoms with E-state index < -0.39 is 40.7 Å². The molecule has 0 N–H and O–H groups in total. The highest BCUT2D eigenvalue weighted by Gasteiger charge is 2.56. The molecule has 4 rings (SSSR count). The van der Waals surface area contributed by atoms with Crippen molar-refractivity contribution in [3.8, 4) is 0 Å². The summed E-state index contributed by atoms with van der Waals surface area (Å²) in [6, 6.07) is 23.7. The molecule has 3 aromatic rings. The minimum Gasteiger partial charge on any atom is -0.410 e.